The molecule has 0 saturated carbocycles. The van der Waals surface area contributed by atoms with Crippen molar-refractivity contribution >= 4 is 23.1 Å². The van der Waals surface area contributed by atoms with E-state index >= 15 is 0 Å². The summed E-state index contributed by atoms with van der Waals surface area (Å²) >= 11 is 0. The highest BCUT2D eigenvalue weighted by Gasteiger charge is 2.36. The lowest BCUT2D eigenvalue weighted by Crippen LogP contribution is -2.52. The Hall–Kier alpha value is -2.66. The molecule has 3 aliphatic heterocycles. The molecule has 0 amide bonds. The van der Waals surface area contributed by atoms with E-state index in [1.807, 2.05) is 42.5 Å². The average Bonchev–Trinajstić information content (AvgIpc) is 2.70. The summed E-state index contributed by atoms with van der Waals surface area (Å²) < 4.78 is 5.83. The Morgan fingerprint density at radius 1 is 1.11 bits per heavy atom. The van der Waals surface area contributed by atoms with Crippen molar-refractivity contribution in [3.8, 4) is 0 Å². The Labute approximate surface area is 165 Å². The number of Topliss-reactive ketones (excluding diaryl/α,β-unsaturated/α-hetero) is 1. The number of ether oxygens (including phenoxy) is 1. The minimum atomic E-state index is -0.175. The van der Waals surface area contributed by atoms with Gasteiger partial charge in [0.2, 0.25) is 0 Å². The van der Waals surface area contributed by atoms with Crippen LogP contribution in [0.1, 0.15) is 35.7 Å². The molecule has 1 unspecified atom stereocenters. The largest absolute Gasteiger partial charge is 0.460 e. The summed E-state index contributed by atoms with van der Waals surface area (Å²) in [6, 6.07) is 15.1. The Bertz CT molecular complexity index is 872. The SMILES string of the molecule is CC(=O)c1cccc(Nc2ccccc2CC(=O)OC2CN3CCC2CC3)c1. The topological polar surface area (TPSA) is 58.6 Å². The zero-order valence-corrected chi connectivity index (χ0v) is 16.2. The van der Waals surface area contributed by atoms with Crippen molar-refractivity contribution in [2.75, 3.05) is 25.0 Å². The molecule has 0 aliphatic carbocycles. The maximum atomic E-state index is 12.6. The number of benzene rings is 2. The van der Waals surface area contributed by atoms with E-state index in [2.05, 4.69) is 10.2 Å². The standard InChI is InChI=1S/C23H26N2O3/c1-16(26)18-6-4-7-20(13-18)24-21-8-3-2-5-19(21)14-23(27)28-22-15-25-11-9-17(22)10-12-25/h2-8,13,17,22,24H,9-12,14-15H2,1H3. The van der Waals surface area contributed by atoms with E-state index in [9.17, 15) is 9.59 Å². The first kappa shape index (κ1) is 18.7. The van der Waals surface area contributed by atoms with E-state index in [4.69, 9.17) is 4.74 Å². The van der Waals surface area contributed by atoms with Gasteiger partial charge < -0.3 is 10.1 Å². The van der Waals surface area contributed by atoms with Gasteiger partial charge in [-0.15, -0.1) is 0 Å². The number of rotatable bonds is 6. The maximum absolute atomic E-state index is 12.6. The minimum Gasteiger partial charge on any atom is -0.460 e. The lowest BCUT2D eigenvalue weighted by molar-refractivity contribution is -0.157. The van der Waals surface area contributed by atoms with Crippen LogP contribution in [0.3, 0.4) is 0 Å². The summed E-state index contributed by atoms with van der Waals surface area (Å²) in [6.07, 6.45) is 2.52. The van der Waals surface area contributed by atoms with Crippen LogP contribution in [0.2, 0.25) is 0 Å². The molecule has 0 spiro atoms. The molecule has 3 fully saturated rings. The zero-order valence-electron chi connectivity index (χ0n) is 16.2. The minimum absolute atomic E-state index is 0.0260. The number of nitrogens with zero attached hydrogens (tertiary/aromatic N) is 1. The number of nitrogens with one attached hydrogen (secondary N) is 1. The van der Waals surface area contributed by atoms with E-state index in [1.165, 1.54) is 0 Å². The predicted octanol–water partition coefficient (Wildman–Crippen LogP) is 3.81. The van der Waals surface area contributed by atoms with E-state index < -0.39 is 0 Å². The molecule has 2 bridgehead atoms. The first-order chi connectivity index (χ1) is 13.6. The molecule has 5 heteroatoms. The molecule has 0 aromatic heterocycles. The zero-order chi connectivity index (χ0) is 19.5. The van der Waals surface area contributed by atoms with Gasteiger partial charge in [0.1, 0.15) is 6.10 Å². The first-order valence-corrected chi connectivity index (χ1v) is 9.96. The van der Waals surface area contributed by atoms with Crippen molar-refractivity contribution in [3.63, 3.8) is 0 Å². The summed E-state index contributed by atoms with van der Waals surface area (Å²) in [5.74, 6) is 0.361. The van der Waals surface area contributed by atoms with Crippen LogP contribution in [-0.2, 0) is 16.0 Å². The molecule has 3 heterocycles. The monoisotopic (exact) mass is 378 g/mol. The molecule has 1 atom stereocenters. The summed E-state index contributed by atoms with van der Waals surface area (Å²) in [7, 11) is 0. The number of anilines is 2. The van der Waals surface area contributed by atoms with Crippen molar-refractivity contribution in [2.45, 2.75) is 32.3 Å². The lowest BCUT2D eigenvalue weighted by atomic mass is 9.86. The highest BCUT2D eigenvalue weighted by atomic mass is 16.5. The van der Waals surface area contributed by atoms with Gasteiger partial charge in [-0.3, -0.25) is 14.5 Å². The van der Waals surface area contributed by atoms with Crippen LogP contribution in [0, 0.1) is 5.92 Å². The second-order valence-electron chi connectivity index (χ2n) is 7.76. The number of hydrogen-bond acceptors (Lipinski definition) is 5. The van der Waals surface area contributed by atoms with E-state index in [0.717, 1.165) is 49.4 Å². The Kier molecular flexibility index (Phi) is 5.44. The Morgan fingerprint density at radius 3 is 2.61 bits per heavy atom. The van der Waals surface area contributed by atoms with Crippen molar-refractivity contribution < 1.29 is 14.3 Å². The number of ketones is 1. The summed E-state index contributed by atoms with van der Waals surface area (Å²) in [4.78, 5) is 26.6. The van der Waals surface area contributed by atoms with E-state index in [0.29, 0.717) is 11.5 Å². The fourth-order valence-electron chi connectivity index (χ4n) is 4.18. The lowest BCUT2D eigenvalue weighted by Gasteiger charge is -2.43. The summed E-state index contributed by atoms with van der Waals surface area (Å²) in [5.41, 5.74) is 3.23. The number of esters is 1. The molecule has 5 nitrogen and oxygen atoms in total. The fraction of sp³-hybridized carbons (Fsp3) is 0.391. The molecule has 3 aliphatic rings. The molecule has 3 saturated heterocycles. The van der Waals surface area contributed by atoms with Crippen molar-refractivity contribution in [3.05, 3.63) is 59.7 Å². The molecule has 0 radical (unpaired) electrons. The number of fused-ring (bicyclic) bond motifs is 3. The van der Waals surface area contributed by atoms with Gasteiger partial charge in [-0.05, 0) is 62.5 Å². The highest BCUT2D eigenvalue weighted by molar-refractivity contribution is 5.95. The van der Waals surface area contributed by atoms with Crippen molar-refractivity contribution in [1.82, 2.24) is 4.90 Å². The Balaban J connectivity index is 1.43. The molecule has 5 rings (SSSR count). The van der Waals surface area contributed by atoms with Gasteiger partial charge in [-0.2, -0.15) is 0 Å². The second-order valence-corrected chi connectivity index (χ2v) is 7.76. The molecular formula is C23H26N2O3. The van der Waals surface area contributed by atoms with Crippen LogP contribution in [0.25, 0.3) is 0 Å². The summed E-state index contributed by atoms with van der Waals surface area (Å²) in [6.45, 7) is 4.68. The smallest absolute Gasteiger partial charge is 0.310 e. The van der Waals surface area contributed by atoms with Gasteiger partial charge in [-0.25, -0.2) is 0 Å². The van der Waals surface area contributed by atoms with Gasteiger partial charge in [0.25, 0.3) is 0 Å². The van der Waals surface area contributed by atoms with Crippen LogP contribution >= 0.6 is 0 Å². The normalized spacial score (nSPS) is 23.2. The quantitative estimate of drug-likeness (QED) is 0.612. The third kappa shape index (κ3) is 4.25. The molecule has 28 heavy (non-hydrogen) atoms. The first-order valence-electron chi connectivity index (χ1n) is 9.96. The average molecular weight is 378 g/mol. The van der Waals surface area contributed by atoms with E-state index in [1.54, 1.807) is 13.0 Å². The van der Waals surface area contributed by atoms with Gasteiger partial charge >= 0.3 is 5.97 Å². The van der Waals surface area contributed by atoms with E-state index in [-0.39, 0.29) is 24.3 Å². The fourth-order valence-corrected chi connectivity index (χ4v) is 4.18. The third-order valence-corrected chi connectivity index (χ3v) is 5.78. The predicted molar refractivity (Wildman–Crippen MR) is 109 cm³/mol. The third-order valence-electron chi connectivity index (χ3n) is 5.78. The number of hydrogen-bond donors (Lipinski definition) is 1. The molecule has 2 aromatic carbocycles. The van der Waals surface area contributed by atoms with Gasteiger partial charge in [0, 0.05) is 23.5 Å². The highest BCUT2D eigenvalue weighted by Crippen LogP contribution is 2.30. The molecule has 146 valence electrons. The van der Waals surface area contributed by atoms with Crippen LogP contribution in [-0.4, -0.2) is 42.4 Å². The Morgan fingerprint density at radius 2 is 1.89 bits per heavy atom. The second kappa shape index (κ2) is 8.15. The van der Waals surface area contributed by atoms with Crippen molar-refractivity contribution in [1.29, 1.82) is 0 Å². The van der Waals surface area contributed by atoms with Crippen LogP contribution in [0.4, 0.5) is 11.4 Å². The molecule has 2 aromatic rings. The number of carbonyl (C=O) groups excluding carboxylic acids is 2. The number of para-hydroxylation sites is 1. The van der Waals surface area contributed by atoms with Gasteiger partial charge in [0.05, 0.1) is 6.42 Å². The number of piperidine rings is 3. The van der Waals surface area contributed by atoms with Crippen LogP contribution in [0.15, 0.2) is 48.5 Å². The maximum Gasteiger partial charge on any atom is 0.310 e. The molecular weight excluding hydrogens is 352 g/mol. The van der Waals surface area contributed by atoms with Gasteiger partial charge in [0.15, 0.2) is 5.78 Å². The van der Waals surface area contributed by atoms with Crippen LogP contribution < -0.4 is 5.32 Å². The number of carbonyl (C=O) groups is 2. The molecule has 1 N–H and O–H groups in total. The van der Waals surface area contributed by atoms with Gasteiger partial charge in [-0.1, -0.05) is 30.3 Å². The summed E-state index contributed by atoms with van der Waals surface area (Å²) in [5, 5.41) is 3.34. The van der Waals surface area contributed by atoms with Crippen LogP contribution in [0.5, 0.6) is 0 Å². The van der Waals surface area contributed by atoms with Crippen molar-refractivity contribution in [2.24, 2.45) is 5.92 Å².